The Labute approximate surface area is 168 Å². The van der Waals surface area contributed by atoms with Crippen LogP contribution < -0.4 is 4.90 Å². The zero-order valence-electron chi connectivity index (χ0n) is 15.2. The van der Waals surface area contributed by atoms with Crippen molar-refractivity contribution in [2.24, 2.45) is 0 Å². The Bertz CT molecular complexity index is 968. The van der Waals surface area contributed by atoms with Crippen LogP contribution in [-0.4, -0.2) is 46.0 Å². The van der Waals surface area contributed by atoms with E-state index in [9.17, 15) is 13.2 Å². The third-order valence-electron chi connectivity index (χ3n) is 4.69. The molecule has 3 aromatic rings. The predicted molar refractivity (Wildman–Crippen MR) is 102 cm³/mol. The Morgan fingerprint density at radius 3 is 2.38 bits per heavy atom. The van der Waals surface area contributed by atoms with Crippen LogP contribution in [0.3, 0.4) is 0 Å². The molecule has 0 saturated carbocycles. The molecule has 1 aliphatic rings. The first-order valence-corrected chi connectivity index (χ1v) is 9.84. The lowest BCUT2D eigenvalue weighted by molar-refractivity contribution is -0.140. The highest BCUT2D eigenvalue weighted by atomic mass is 32.1. The largest absolute Gasteiger partial charge is 0.434 e. The molecule has 5 nitrogen and oxygen atoms in total. The van der Waals surface area contributed by atoms with Crippen molar-refractivity contribution >= 4 is 17.2 Å². The summed E-state index contributed by atoms with van der Waals surface area (Å²) >= 11 is 1.00. The average molecular weight is 423 g/mol. The summed E-state index contributed by atoms with van der Waals surface area (Å²) in [5, 5.41) is 1.46. The molecule has 29 heavy (non-hydrogen) atoms. The van der Waals surface area contributed by atoms with Gasteiger partial charge in [-0.05, 0) is 0 Å². The van der Waals surface area contributed by atoms with Crippen LogP contribution in [0.25, 0.3) is 11.3 Å². The molecule has 2 aromatic heterocycles. The first kappa shape index (κ1) is 19.7. The predicted octanol–water partition coefficient (Wildman–Crippen LogP) is 4.08. The highest BCUT2D eigenvalue weighted by Gasteiger charge is 2.34. The molecule has 4 rings (SSSR count). The zero-order valence-corrected chi connectivity index (χ0v) is 16.0. The van der Waals surface area contributed by atoms with Crippen LogP contribution in [0.15, 0.2) is 42.0 Å². The summed E-state index contributed by atoms with van der Waals surface area (Å²) < 4.78 is 53.1. The van der Waals surface area contributed by atoms with Crippen molar-refractivity contribution in [1.82, 2.24) is 19.9 Å². The molecule has 3 heterocycles. The molecule has 1 aromatic carbocycles. The summed E-state index contributed by atoms with van der Waals surface area (Å²) in [5.41, 5.74) is 0.0738. The van der Waals surface area contributed by atoms with E-state index in [0.29, 0.717) is 43.3 Å². The Hall–Kier alpha value is -2.59. The van der Waals surface area contributed by atoms with Gasteiger partial charge in [0.1, 0.15) is 17.0 Å². The number of benzene rings is 1. The molecule has 0 atom stereocenters. The Morgan fingerprint density at radius 1 is 1.00 bits per heavy atom. The molecule has 0 amide bonds. The highest BCUT2D eigenvalue weighted by Crippen LogP contribution is 2.31. The molecule has 1 aliphatic heterocycles. The molecule has 152 valence electrons. The fourth-order valence-electron chi connectivity index (χ4n) is 3.20. The molecule has 0 bridgehead atoms. The first-order valence-electron chi connectivity index (χ1n) is 8.96. The van der Waals surface area contributed by atoms with Gasteiger partial charge in [-0.1, -0.05) is 30.3 Å². The van der Waals surface area contributed by atoms with Crippen LogP contribution in [0.4, 0.5) is 23.4 Å². The van der Waals surface area contributed by atoms with E-state index in [0.717, 1.165) is 16.7 Å². The van der Waals surface area contributed by atoms with Gasteiger partial charge in [0.05, 0.1) is 6.54 Å². The van der Waals surface area contributed by atoms with Gasteiger partial charge in [-0.3, -0.25) is 4.90 Å². The van der Waals surface area contributed by atoms with E-state index in [1.165, 1.54) is 6.33 Å². The summed E-state index contributed by atoms with van der Waals surface area (Å²) in [4.78, 5) is 15.7. The van der Waals surface area contributed by atoms with Gasteiger partial charge < -0.3 is 4.90 Å². The Balaban J connectivity index is 1.42. The summed E-state index contributed by atoms with van der Waals surface area (Å²) in [7, 11) is 0. The molecule has 0 radical (unpaired) electrons. The van der Waals surface area contributed by atoms with Crippen molar-refractivity contribution in [3.63, 3.8) is 0 Å². The SMILES string of the molecule is Fc1c(-c2ccccc2)ncnc1N1CCN(Cc2nc(C(F)(F)F)cs2)CC1. The summed E-state index contributed by atoms with van der Waals surface area (Å²) in [6.07, 6.45) is -3.07. The number of rotatable bonds is 4. The second-order valence-electron chi connectivity index (χ2n) is 6.61. The van der Waals surface area contributed by atoms with Crippen molar-refractivity contribution in [2.45, 2.75) is 12.7 Å². The monoisotopic (exact) mass is 423 g/mol. The van der Waals surface area contributed by atoms with Gasteiger partial charge in [0.2, 0.25) is 0 Å². The fourth-order valence-corrected chi connectivity index (χ4v) is 4.04. The van der Waals surface area contributed by atoms with E-state index in [2.05, 4.69) is 15.0 Å². The number of halogens is 4. The Morgan fingerprint density at radius 2 is 1.72 bits per heavy atom. The maximum Gasteiger partial charge on any atom is 0.434 e. The van der Waals surface area contributed by atoms with Crippen molar-refractivity contribution in [3.05, 3.63) is 58.6 Å². The maximum atomic E-state index is 15.0. The molecule has 0 unspecified atom stereocenters. The van der Waals surface area contributed by atoms with E-state index in [1.807, 2.05) is 28.0 Å². The number of piperazine rings is 1. The number of thiazole rings is 1. The lowest BCUT2D eigenvalue weighted by Crippen LogP contribution is -2.46. The topological polar surface area (TPSA) is 45.2 Å². The van der Waals surface area contributed by atoms with Crippen LogP contribution in [0.2, 0.25) is 0 Å². The minimum atomic E-state index is -4.42. The van der Waals surface area contributed by atoms with Crippen LogP contribution in [0.5, 0.6) is 0 Å². The number of alkyl halides is 3. The van der Waals surface area contributed by atoms with Crippen LogP contribution >= 0.6 is 11.3 Å². The molecular formula is C19H17F4N5S. The van der Waals surface area contributed by atoms with Crippen molar-refractivity contribution in [1.29, 1.82) is 0 Å². The van der Waals surface area contributed by atoms with Gasteiger partial charge in [-0.15, -0.1) is 11.3 Å². The van der Waals surface area contributed by atoms with E-state index in [1.54, 1.807) is 12.1 Å². The minimum Gasteiger partial charge on any atom is -0.352 e. The summed E-state index contributed by atoms with van der Waals surface area (Å²) in [6, 6.07) is 9.06. The second-order valence-corrected chi connectivity index (χ2v) is 7.56. The van der Waals surface area contributed by atoms with E-state index < -0.39 is 17.7 Å². The van der Waals surface area contributed by atoms with Gasteiger partial charge in [-0.2, -0.15) is 13.2 Å². The normalized spacial score (nSPS) is 15.7. The second kappa shape index (κ2) is 8.03. The van der Waals surface area contributed by atoms with Gasteiger partial charge in [0.25, 0.3) is 0 Å². The number of hydrogen-bond donors (Lipinski definition) is 0. The molecular weight excluding hydrogens is 406 g/mol. The number of hydrogen-bond acceptors (Lipinski definition) is 6. The number of anilines is 1. The van der Waals surface area contributed by atoms with Crippen LogP contribution in [0.1, 0.15) is 10.7 Å². The fraction of sp³-hybridized carbons (Fsp3) is 0.316. The lowest BCUT2D eigenvalue weighted by atomic mass is 10.1. The van der Waals surface area contributed by atoms with Crippen LogP contribution in [0, 0.1) is 5.82 Å². The lowest BCUT2D eigenvalue weighted by Gasteiger charge is -2.35. The zero-order chi connectivity index (χ0) is 20.4. The van der Waals surface area contributed by atoms with Crippen molar-refractivity contribution < 1.29 is 17.6 Å². The minimum absolute atomic E-state index is 0.243. The van der Waals surface area contributed by atoms with Gasteiger partial charge >= 0.3 is 6.18 Å². The van der Waals surface area contributed by atoms with E-state index in [4.69, 9.17) is 0 Å². The van der Waals surface area contributed by atoms with Gasteiger partial charge in [0.15, 0.2) is 17.3 Å². The van der Waals surface area contributed by atoms with E-state index in [-0.39, 0.29) is 11.5 Å². The molecule has 0 N–H and O–H groups in total. The molecule has 10 heteroatoms. The van der Waals surface area contributed by atoms with Gasteiger partial charge in [-0.25, -0.2) is 19.3 Å². The number of aromatic nitrogens is 3. The van der Waals surface area contributed by atoms with Crippen molar-refractivity contribution in [3.8, 4) is 11.3 Å². The molecule has 0 aliphatic carbocycles. The van der Waals surface area contributed by atoms with E-state index >= 15 is 4.39 Å². The molecule has 0 spiro atoms. The first-order chi connectivity index (χ1) is 13.9. The van der Waals surface area contributed by atoms with Crippen LogP contribution in [-0.2, 0) is 12.7 Å². The van der Waals surface area contributed by atoms with Gasteiger partial charge in [0, 0.05) is 37.1 Å². The standard InChI is InChI=1S/C19H17F4N5S/c20-16-17(13-4-2-1-3-5-13)24-12-25-18(16)28-8-6-27(7-9-28)10-15-26-14(11-29-15)19(21,22)23/h1-5,11-12H,6-10H2. The summed E-state index contributed by atoms with van der Waals surface area (Å²) in [5.74, 6) is -0.228. The maximum absolute atomic E-state index is 15.0. The third-order valence-corrected chi connectivity index (χ3v) is 5.52. The Kier molecular flexibility index (Phi) is 5.46. The smallest absolute Gasteiger partial charge is 0.352 e. The quantitative estimate of drug-likeness (QED) is 0.592. The molecule has 1 saturated heterocycles. The number of nitrogens with zero attached hydrogens (tertiary/aromatic N) is 5. The molecule has 1 fully saturated rings. The third kappa shape index (κ3) is 4.38. The summed E-state index contributed by atoms with van der Waals surface area (Å²) in [6.45, 7) is 2.52. The highest BCUT2D eigenvalue weighted by molar-refractivity contribution is 7.09. The van der Waals surface area contributed by atoms with Crippen molar-refractivity contribution in [2.75, 3.05) is 31.1 Å². The average Bonchev–Trinajstić information content (AvgIpc) is 3.19.